The standard InChI is InChI=1S/C17H22O5/c1-12-7-6-10-16(21-12)22-15(11-14(18)17(19)20-2)13-8-4-3-5-9-13/h3-5,8-9,12,15-16H,6-7,10-11H2,1-2H3/t12-,15-,16+/m0/s1. The molecule has 0 N–H and O–H groups in total. The Labute approximate surface area is 130 Å². The van der Waals surface area contributed by atoms with Crippen LogP contribution in [-0.2, 0) is 23.8 Å². The number of Topliss-reactive ketones (excluding diaryl/α,β-unsaturated/α-hetero) is 1. The van der Waals surface area contributed by atoms with Gasteiger partial charge in [-0.25, -0.2) is 4.79 Å². The average Bonchev–Trinajstić information content (AvgIpc) is 2.54. The molecular formula is C17H22O5. The molecule has 1 aromatic carbocycles. The lowest BCUT2D eigenvalue weighted by Gasteiger charge is -2.31. The van der Waals surface area contributed by atoms with Gasteiger partial charge in [0.15, 0.2) is 6.29 Å². The van der Waals surface area contributed by atoms with Crippen molar-refractivity contribution in [3.8, 4) is 0 Å². The first-order valence-electron chi connectivity index (χ1n) is 7.57. The topological polar surface area (TPSA) is 61.8 Å². The summed E-state index contributed by atoms with van der Waals surface area (Å²) in [6, 6.07) is 9.39. The predicted molar refractivity (Wildman–Crippen MR) is 80.1 cm³/mol. The van der Waals surface area contributed by atoms with Crippen molar-refractivity contribution in [2.45, 2.75) is 51.1 Å². The van der Waals surface area contributed by atoms with E-state index in [0.717, 1.165) is 24.8 Å². The first kappa shape index (κ1) is 16.6. The van der Waals surface area contributed by atoms with Gasteiger partial charge in [-0.2, -0.15) is 0 Å². The van der Waals surface area contributed by atoms with Gasteiger partial charge < -0.3 is 14.2 Å². The second-order valence-corrected chi connectivity index (χ2v) is 5.46. The largest absolute Gasteiger partial charge is 0.463 e. The first-order chi connectivity index (χ1) is 10.6. The molecule has 1 heterocycles. The summed E-state index contributed by atoms with van der Waals surface area (Å²) in [5.41, 5.74) is 0.849. The molecule has 5 nitrogen and oxygen atoms in total. The SMILES string of the molecule is COC(=O)C(=O)C[C@H](O[C@@H]1CCC[C@H](C)O1)c1ccccc1. The van der Waals surface area contributed by atoms with Crippen molar-refractivity contribution in [1.29, 1.82) is 0 Å². The van der Waals surface area contributed by atoms with Crippen molar-refractivity contribution in [2.75, 3.05) is 7.11 Å². The monoisotopic (exact) mass is 306 g/mol. The fourth-order valence-electron chi connectivity index (χ4n) is 2.53. The van der Waals surface area contributed by atoms with Gasteiger partial charge >= 0.3 is 5.97 Å². The Kier molecular flexibility index (Phi) is 6.10. The highest BCUT2D eigenvalue weighted by Crippen LogP contribution is 2.28. The van der Waals surface area contributed by atoms with Gasteiger partial charge in [-0.15, -0.1) is 0 Å². The summed E-state index contributed by atoms with van der Waals surface area (Å²) >= 11 is 0. The number of rotatable bonds is 6. The Morgan fingerprint density at radius 3 is 2.64 bits per heavy atom. The maximum Gasteiger partial charge on any atom is 0.374 e. The Hall–Kier alpha value is -1.72. The molecule has 2 rings (SSSR count). The first-order valence-corrected chi connectivity index (χ1v) is 7.57. The van der Waals surface area contributed by atoms with Gasteiger partial charge in [0.2, 0.25) is 5.78 Å². The van der Waals surface area contributed by atoms with Gasteiger partial charge in [0.25, 0.3) is 0 Å². The van der Waals surface area contributed by atoms with Crippen LogP contribution in [0.1, 0.15) is 44.3 Å². The van der Waals surface area contributed by atoms with E-state index in [-0.39, 0.29) is 18.8 Å². The third-order valence-electron chi connectivity index (χ3n) is 3.71. The second kappa shape index (κ2) is 8.06. The smallest absolute Gasteiger partial charge is 0.374 e. The van der Waals surface area contributed by atoms with Crippen molar-refractivity contribution < 1.29 is 23.8 Å². The predicted octanol–water partition coefficient (Wildman–Crippen LogP) is 2.79. The molecule has 0 unspecified atom stereocenters. The van der Waals surface area contributed by atoms with E-state index >= 15 is 0 Å². The van der Waals surface area contributed by atoms with E-state index in [2.05, 4.69) is 4.74 Å². The van der Waals surface area contributed by atoms with Crippen LogP contribution < -0.4 is 0 Å². The third-order valence-corrected chi connectivity index (χ3v) is 3.71. The molecule has 0 aliphatic carbocycles. The lowest BCUT2D eigenvalue weighted by atomic mass is 10.0. The molecule has 0 amide bonds. The summed E-state index contributed by atoms with van der Waals surface area (Å²) in [5.74, 6) is -1.44. The van der Waals surface area contributed by atoms with E-state index in [1.54, 1.807) is 0 Å². The molecule has 1 aliphatic rings. The van der Waals surface area contributed by atoms with E-state index in [9.17, 15) is 9.59 Å². The number of ketones is 1. The van der Waals surface area contributed by atoms with E-state index in [4.69, 9.17) is 9.47 Å². The molecule has 5 heteroatoms. The van der Waals surface area contributed by atoms with Gasteiger partial charge in [0.05, 0.1) is 19.3 Å². The summed E-state index contributed by atoms with van der Waals surface area (Å²) in [6.07, 6.45) is 2.06. The van der Waals surface area contributed by atoms with Gasteiger partial charge in [0.1, 0.15) is 0 Å². The number of carbonyl (C=O) groups is 2. The van der Waals surface area contributed by atoms with Gasteiger partial charge in [-0.05, 0) is 31.7 Å². The Balaban J connectivity index is 2.08. The summed E-state index contributed by atoms with van der Waals surface area (Å²) in [4.78, 5) is 23.2. The molecule has 22 heavy (non-hydrogen) atoms. The zero-order chi connectivity index (χ0) is 15.9. The number of carbonyl (C=O) groups excluding carboxylic acids is 2. The number of hydrogen-bond donors (Lipinski definition) is 0. The molecular weight excluding hydrogens is 284 g/mol. The Morgan fingerprint density at radius 1 is 1.27 bits per heavy atom. The molecule has 1 aromatic rings. The fraction of sp³-hybridized carbons (Fsp3) is 0.529. The highest BCUT2D eigenvalue weighted by molar-refractivity contribution is 6.33. The van der Waals surface area contributed by atoms with E-state index in [0.29, 0.717) is 0 Å². The zero-order valence-electron chi connectivity index (χ0n) is 13.0. The van der Waals surface area contributed by atoms with Crippen LogP contribution in [-0.4, -0.2) is 31.3 Å². The lowest BCUT2D eigenvalue weighted by molar-refractivity contribution is -0.213. The molecule has 0 aromatic heterocycles. The fourth-order valence-corrected chi connectivity index (χ4v) is 2.53. The number of ether oxygens (including phenoxy) is 3. The minimum absolute atomic E-state index is 0.0507. The number of hydrogen-bond acceptors (Lipinski definition) is 5. The van der Waals surface area contributed by atoms with Crippen LogP contribution in [0.3, 0.4) is 0 Å². The van der Waals surface area contributed by atoms with Crippen molar-refractivity contribution in [1.82, 2.24) is 0 Å². The molecule has 0 spiro atoms. The van der Waals surface area contributed by atoms with Crippen LogP contribution in [0.5, 0.6) is 0 Å². The molecule has 120 valence electrons. The second-order valence-electron chi connectivity index (χ2n) is 5.46. The number of esters is 1. The van der Waals surface area contributed by atoms with Crippen molar-refractivity contribution in [3.63, 3.8) is 0 Å². The molecule has 0 saturated carbocycles. The molecule has 0 radical (unpaired) electrons. The molecule has 1 fully saturated rings. The Morgan fingerprint density at radius 2 is 2.00 bits per heavy atom. The highest BCUT2D eigenvalue weighted by Gasteiger charge is 2.27. The number of benzene rings is 1. The third kappa shape index (κ3) is 4.64. The average molecular weight is 306 g/mol. The van der Waals surface area contributed by atoms with Crippen LogP contribution in [0, 0.1) is 0 Å². The maximum absolute atomic E-state index is 11.9. The van der Waals surface area contributed by atoms with Crippen LogP contribution in [0.15, 0.2) is 30.3 Å². The highest BCUT2D eigenvalue weighted by atomic mass is 16.7. The van der Waals surface area contributed by atoms with Crippen molar-refractivity contribution >= 4 is 11.8 Å². The lowest BCUT2D eigenvalue weighted by Crippen LogP contribution is -2.30. The molecule has 1 aliphatic heterocycles. The summed E-state index contributed by atoms with van der Waals surface area (Å²) in [6.45, 7) is 2.01. The summed E-state index contributed by atoms with van der Waals surface area (Å²) in [5, 5.41) is 0. The summed E-state index contributed by atoms with van der Waals surface area (Å²) in [7, 11) is 1.20. The van der Waals surface area contributed by atoms with Crippen molar-refractivity contribution in [3.05, 3.63) is 35.9 Å². The maximum atomic E-state index is 11.9. The van der Waals surface area contributed by atoms with Gasteiger partial charge in [0, 0.05) is 6.42 Å². The quantitative estimate of drug-likeness (QED) is 0.597. The molecule has 3 atom stereocenters. The zero-order valence-corrected chi connectivity index (χ0v) is 13.0. The normalized spacial score (nSPS) is 22.8. The number of methoxy groups -OCH3 is 1. The molecule has 1 saturated heterocycles. The van der Waals surface area contributed by atoms with Gasteiger partial charge in [-0.3, -0.25) is 4.79 Å². The van der Waals surface area contributed by atoms with Crippen LogP contribution in [0.4, 0.5) is 0 Å². The van der Waals surface area contributed by atoms with Crippen molar-refractivity contribution in [2.24, 2.45) is 0 Å². The van der Waals surface area contributed by atoms with Crippen LogP contribution in [0.2, 0.25) is 0 Å². The van der Waals surface area contributed by atoms with E-state index in [1.807, 2.05) is 37.3 Å². The van der Waals surface area contributed by atoms with Crippen LogP contribution >= 0.6 is 0 Å². The van der Waals surface area contributed by atoms with E-state index < -0.39 is 17.9 Å². The minimum Gasteiger partial charge on any atom is -0.463 e. The van der Waals surface area contributed by atoms with E-state index in [1.165, 1.54) is 7.11 Å². The minimum atomic E-state index is -0.845. The van der Waals surface area contributed by atoms with Crippen LogP contribution in [0.25, 0.3) is 0 Å². The van der Waals surface area contributed by atoms with Gasteiger partial charge in [-0.1, -0.05) is 30.3 Å². The summed E-state index contributed by atoms with van der Waals surface area (Å²) < 4.78 is 16.2. The Bertz CT molecular complexity index is 499. The molecule has 0 bridgehead atoms.